The molecule has 8 atom stereocenters. The van der Waals surface area contributed by atoms with Gasteiger partial charge < -0.3 is 4.57 Å². The highest BCUT2D eigenvalue weighted by molar-refractivity contribution is 5.93. The summed E-state index contributed by atoms with van der Waals surface area (Å²) in [6.45, 7) is 0. The summed E-state index contributed by atoms with van der Waals surface area (Å²) >= 11 is 0. The van der Waals surface area contributed by atoms with Gasteiger partial charge in [-0.2, -0.15) is 0 Å². The SMILES string of the molecule is C1=CCCC(C2=CC=C(C3C[C@H](n4c5c(c6ccccc64)C=C(C4=CCC6C(=C4)C4CCCC[C@H]4N6C4C=CCCC4)CC5)NC(C4C=CC=CC4)N3)CC2)=C1. The van der Waals surface area contributed by atoms with Gasteiger partial charge in [-0.25, -0.2) is 0 Å². The Labute approximate surface area is 335 Å². The zero-order valence-corrected chi connectivity index (χ0v) is 33.2. The summed E-state index contributed by atoms with van der Waals surface area (Å²) in [5.74, 6) is 1.18. The molecule has 1 aromatic heterocycles. The van der Waals surface area contributed by atoms with Gasteiger partial charge in [0.1, 0.15) is 0 Å². The van der Waals surface area contributed by atoms with Crippen molar-refractivity contribution in [3.8, 4) is 0 Å². The molecular formula is C52H60N4. The minimum Gasteiger partial charge on any atom is -0.328 e. The van der Waals surface area contributed by atoms with Crippen molar-refractivity contribution in [3.05, 3.63) is 148 Å². The van der Waals surface area contributed by atoms with Crippen LogP contribution < -0.4 is 10.6 Å². The van der Waals surface area contributed by atoms with Crippen molar-refractivity contribution in [2.45, 2.75) is 139 Å². The van der Waals surface area contributed by atoms with E-state index in [1.807, 2.05) is 0 Å². The van der Waals surface area contributed by atoms with Crippen LogP contribution in [0.2, 0.25) is 0 Å². The molecule has 0 amide bonds. The Hall–Kier alpha value is -3.96. The lowest BCUT2D eigenvalue weighted by atomic mass is 9.78. The number of rotatable bonds is 6. The van der Waals surface area contributed by atoms with Gasteiger partial charge in [0.15, 0.2) is 0 Å². The number of fused-ring (bicyclic) bond motifs is 6. The van der Waals surface area contributed by atoms with Crippen LogP contribution in [0.4, 0.5) is 0 Å². The van der Waals surface area contributed by atoms with E-state index >= 15 is 0 Å². The average molecular weight is 741 g/mol. The van der Waals surface area contributed by atoms with Gasteiger partial charge in [0, 0.05) is 53.1 Å². The molecular weight excluding hydrogens is 681 g/mol. The Morgan fingerprint density at radius 3 is 2.48 bits per heavy atom. The number of aromatic nitrogens is 1. The van der Waals surface area contributed by atoms with Crippen LogP contribution in [0.5, 0.6) is 0 Å². The van der Waals surface area contributed by atoms with E-state index in [4.69, 9.17) is 0 Å². The van der Waals surface area contributed by atoms with Crippen LogP contribution in [0.25, 0.3) is 17.0 Å². The third-order valence-electron chi connectivity index (χ3n) is 15.2. The molecule has 4 nitrogen and oxygen atoms in total. The standard InChI is InChI=1S/C52H60N4/c1-4-14-35(15-5-1)36-24-26-37(27-25-36)46-34-51(54-52(53-46)38-16-6-2-7-17-38)56-48-23-13-11-21-43(48)45-33-40(29-31-50(45)56)39-28-30-49-44(32-39)42-20-10-12-22-47(42)55(49)41-18-8-3-9-19-41/h1-2,4,6-8,11,13-14,16,18,21,23-24,26,28,32-33,38,41-42,46-47,49,51-54H,3,5,9-10,12,15,17,19-20,22,25,27,29-31,34H2/t38?,41?,42?,46?,47-,49?,51+,52?/m1/s1. The fourth-order valence-electron chi connectivity index (χ4n) is 12.5. The second-order valence-corrected chi connectivity index (χ2v) is 18.2. The van der Waals surface area contributed by atoms with E-state index in [1.54, 1.807) is 16.7 Å². The van der Waals surface area contributed by atoms with E-state index < -0.39 is 0 Å². The fraction of sp³-hybridized carbons (Fsp3) is 0.462. The van der Waals surface area contributed by atoms with Crippen LogP contribution >= 0.6 is 0 Å². The Bertz CT molecular complexity index is 2190. The predicted molar refractivity (Wildman–Crippen MR) is 233 cm³/mol. The lowest BCUT2D eigenvalue weighted by Gasteiger charge is -2.43. The molecule has 1 aromatic carbocycles. The lowest BCUT2D eigenvalue weighted by Crippen LogP contribution is -2.59. The van der Waals surface area contributed by atoms with Gasteiger partial charge in [-0.1, -0.05) is 116 Å². The summed E-state index contributed by atoms with van der Waals surface area (Å²) in [6.07, 6.45) is 54.1. The van der Waals surface area contributed by atoms with Crippen LogP contribution in [-0.2, 0) is 6.42 Å². The Kier molecular flexibility index (Phi) is 9.49. The fourth-order valence-corrected chi connectivity index (χ4v) is 12.5. The first kappa shape index (κ1) is 35.2. The van der Waals surface area contributed by atoms with E-state index in [-0.39, 0.29) is 12.3 Å². The molecule has 3 heterocycles. The molecule has 0 bridgehead atoms. The number of allylic oxidation sites excluding steroid dienone is 14. The minimum absolute atomic E-state index is 0.217. The van der Waals surface area contributed by atoms with Crippen molar-refractivity contribution in [1.82, 2.24) is 20.1 Å². The van der Waals surface area contributed by atoms with Crippen molar-refractivity contribution in [2.75, 3.05) is 0 Å². The van der Waals surface area contributed by atoms with Crippen LogP contribution in [0.1, 0.15) is 114 Å². The van der Waals surface area contributed by atoms with Gasteiger partial charge in [-0.15, -0.1) is 0 Å². The number of hydrogen-bond acceptors (Lipinski definition) is 3. The molecule has 56 heavy (non-hydrogen) atoms. The summed E-state index contributed by atoms with van der Waals surface area (Å²) in [5, 5.41) is 9.78. The third-order valence-corrected chi connectivity index (χ3v) is 15.2. The van der Waals surface area contributed by atoms with Crippen LogP contribution in [0.15, 0.2) is 137 Å². The highest BCUT2D eigenvalue weighted by Crippen LogP contribution is 2.50. The highest BCUT2D eigenvalue weighted by atomic mass is 15.3. The van der Waals surface area contributed by atoms with E-state index in [1.165, 1.54) is 103 Å². The van der Waals surface area contributed by atoms with Crippen molar-refractivity contribution in [2.24, 2.45) is 11.8 Å². The van der Waals surface area contributed by atoms with Gasteiger partial charge in [0.25, 0.3) is 0 Å². The van der Waals surface area contributed by atoms with Gasteiger partial charge in [-0.05, 0) is 129 Å². The monoisotopic (exact) mass is 740 g/mol. The molecule has 7 aliphatic carbocycles. The quantitative estimate of drug-likeness (QED) is 0.289. The Morgan fingerprint density at radius 1 is 0.696 bits per heavy atom. The van der Waals surface area contributed by atoms with Gasteiger partial charge in [0.2, 0.25) is 0 Å². The number of benzene rings is 1. The molecule has 0 spiro atoms. The van der Waals surface area contributed by atoms with Crippen molar-refractivity contribution >= 4 is 17.0 Å². The Morgan fingerprint density at radius 2 is 1.62 bits per heavy atom. The number of hydrogen-bond donors (Lipinski definition) is 2. The molecule has 2 aliphatic heterocycles. The van der Waals surface area contributed by atoms with Crippen LogP contribution in [0.3, 0.4) is 0 Å². The number of likely N-dealkylation sites (tertiary alicyclic amines) is 1. The number of para-hydroxylation sites is 1. The molecule has 1 saturated carbocycles. The first-order chi connectivity index (χ1) is 27.8. The summed E-state index contributed by atoms with van der Waals surface area (Å²) in [6, 6.07) is 11.6. The lowest BCUT2D eigenvalue weighted by molar-refractivity contribution is 0.113. The number of nitrogens with zero attached hydrogens (tertiary/aromatic N) is 2. The average Bonchev–Trinajstić information content (AvgIpc) is 3.79. The molecule has 6 unspecified atom stereocenters. The second-order valence-electron chi connectivity index (χ2n) is 18.2. The van der Waals surface area contributed by atoms with Crippen molar-refractivity contribution < 1.29 is 0 Å². The summed E-state index contributed by atoms with van der Waals surface area (Å²) < 4.78 is 2.74. The van der Waals surface area contributed by atoms with Crippen molar-refractivity contribution in [3.63, 3.8) is 0 Å². The smallest absolute Gasteiger partial charge is 0.0872 e. The van der Waals surface area contributed by atoms with Gasteiger partial charge in [0.05, 0.1) is 17.8 Å². The normalized spacial score (nSPS) is 34.1. The number of nitrogens with one attached hydrogen (secondary N) is 2. The first-order valence-electron chi connectivity index (χ1n) is 22.6. The van der Waals surface area contributed by atoms with Crippen LogP contribution in [-0.4, -0.2) is 39.8 Å². The zero-order chi connectivity index (χ0) is 37.0. The van der Waals surface area contributed by atoms with E-state index in [0.717, 1.165) is 50.5 Å². The summed E-state index contributed by atoms with van der Waals surface area (Å²) in [5.41, 5.74) is 13.9. The predicted octanol–water partition coefficient (Wildman–Crippen LogP) is 11.4. The van der Waals surface area contributed by atoms with Gasteiger partial charge >= 0.3 is 0 Å². The Balaban J connectivity index is 0.923. The van der Waals surface area contributed by atoms with Crippen LogP contribution in [0, 0.1) is 11.8 Å². The molecule has 9 aliphatic rings. The molecule has 2 N–H and O–H groups in total. The van der Waals surface area contributed by atoms with Gasteiger partial charge in [-0.3, -0.25) is 15.5 Å². The minimum atomic E-state index is 0.217. The summed E-state index contributed by atoms with van der Waals surface area (Å²) in [7, 11) is 0. The summed E-state index contributed by atoms with van der Waals surface area (Å²) in [4.78, 5) is 3.00. The molecule has 11 rings (SSSR count). The molecule has 2 aromatic rings. The molecule has 288 valence electrons. The maximum absolute atomic E-state index is 4.21. The maximum Gasteiger partial charge on any atom is 0.0872 e. The molecule has 0 radical (unpaired) electrons. The maximum atomic E-state index is 4.21. The van der Waals surface area contributed by atoms with E-state index in [2.05, 4.69) is 129 Å². The zero-order valence-electron chi connectivity index (χ0n) is 33.2. The molecule has 3 fully saturated rings. The largest absolute Gasteiger partial charge is 0.328 e. The third kappa shape index (κ3) is 6.32. The van der Waals surface area contributed by atoms with E-state index in [9.17, 15) is 0 Å². The highest BCUT2D eigenvalue weighted by Gasteiger charge is 2.48. The topological polar surface area (TPSA) is 32.2 Å². The van der Waals surface area contributed by atoms with Crippen molar-refractivity contribution in [1.29, 1.82) is 0 Å². The molecule has 2 saturated heterocycles. The van der Waals surface area contributed by atoms with E-state index in [0.29, 0.717) is 24.0 Å². The first-order valence-corrected chi connectivity index (χ1v) is 22.6. The second kappa shape index (κ2) is 15.1. The molecule has 4 heteroatoms.